The van der Waals surface area contributed by atoms with Crippen LogP contribution in [-0.4, -0.2) is 39.4 Å². The van der Waals surface area contributed by atoms with Crippen LogP contribution in [0.2, 0.25) is 0 Å². The first-order valence-electron chi connectivity index (χ1n) is 9.32. The molecule has 0 aliphatic carbocycles. The van der Waals surface area contributed by atoms with Gasteiger partial charge < -0.3 is 9.30 Å². The fourth-order valence-electron chi connectivity index (χ4n) is 2.88. The highest BCUT2D eigenvalue weighted by atomic mass is 32.2. The van der Waals surface area contributed by atoms with E-state index in [1.165, 1.54) is 11.3 Å². The first kappa shape index (κ1) is 21.5. The molecule has 0 fully saturated rings. The van der Waals surface area contributed by atoms with Gasteiger partial charge in [-0.3, -0.25) is 9.69 Å². The number of amides is 1. The van der Waals surface area contributed by atoms with Crippen molar-refractivity contribution in [2.75, 3.05) is 18.6 Å². The lowest BCUT2D eigenvalue weighted by Crippen LogP contribution is -2.23. The van der Waals surface area contributed by atoms with E-state index in [1.807, 2.05) is 42.0 Å². The Bertz CT molecular complexity index is 969. The summed E-state index contributed by atoms with van der Waals surface area (Å²) in [5.74, 6) is 0.614. The zero-order valence-corrected chi connectivity index (χ0v) is 18.7. The van der Waals surface area contributed by atoms with E-state index < -0.39 is 0 Å². The fraction of sp³-hybridized carbons (Fsp3) is 0.400. The van der Waals surface area contributed by atoms with Crippen molar-refractivity contribution in [3.05, 3.63) is 46.7 Å². The number of thioether (sulfide) groups is 1. The van der Waals surface area contributed by atoms with Gasteiger partial charge in [-0.15, -0.1) is 21.5 Å². The summed E-state index contributed by atoms with van der Waals surface area (Å²) >= 11 is 3.06. The number of methoxy groups -OCH3 is 1. The maximum atomic E-state index is 12.4. The van der Waals surface area contributed by atoms with Gasteiger partial charge in [0.1, 0.15) is 6.33 Å². The third-order valence-electron chi connectivity index (χ3n) is 4.54. The van der Waals surface area contributed by atoms with Crippen LogP contribution in [0.4, 0.5) is 10.8 Å². The summed E-state index contributed by atoms with van der Waals surface area (Å²) in [7, 11) is 1.70. The molecule has 0 saturated carbocycles. The minimum atomic E-state index is -0.0508. The molecule has 3 aromatic rings. The van der Waals surface area contributed by atoms with Gasteiger partial charge in [0.05, 0.1) is 11.4 Å². The number of anilines is 2. The number of carbonyl (C=O) groups excluding carboxylic acids is 1. The number of ether oxygens (including phenoxy) is 1. The quantitative estimate of drug-likeness (QED) is 0.370. The molecule has 29 heavy (non-hydrogen) atoms. The molecular formula is C20H25N5O2S2. The second-order valence-corrected chi connectivity index (χ2v) is 8.42. The van der Waals surface area contributed by atoms with Crippen LogP contribution in [0.3, 0.4) is 0 Å². The molecule has 0 spiro atoms. The van der Waals surface area contributed by atoms with Crippen molar-refractivity contribution in [2.24, 2.45) is 0 Å². The number of hydrogen-bond donors (Lipinski definition) is 0. The van der Waals surface area contributed by atoms with Gasteiger partial charge in [-0.2, -0.15) is 0 Å². The summed E-state index contributed by atoms with van der Waals surface area (Å²) in [5.41, 5.74) is 4.02. The highest BCUT2D eigenvalue weighted by Gasteiger charge is 2.20. The van der Waals surface area contributed by atoms with E-state index in [0.29, 0.717) is 17.5 Å². The Hall–Kier alpha value is -2.23. The zero-order valence-electron chi connectivity index (χ0n) is 17.1. The molecule has 1 amide bonds. The minimum absolute atomic E-state index is 0.0508. The first-order valence-corrected chi connectivity index (χ1v) is 11.2. The molecule has 0 radical (unpaired) electrons. The van der Waals surface area contributed by atoms with Crippen LogP contribution in [0.25, 0.3) is 0 Å². The second kappa shape index (κ2) is 10.00. The molecule has 0 unspecified atom stereocenters. The Labute approximate surface area is 179 Å². The van der Waals surface area contributed by atoms with Crippen LogP contribution in [-0.2, 0) is 21.8 Å². The van der Waals surface area contributed by atoms with Gasteiger partial charge in [0.15, 0.2) is 10.3 Å². The van der Waals surface area contributed by atoms with Crippen molar-refractivity contribution in [2.45, 2.75) is 44.6 Å². The van der Waals surface area contributed by atoms with Crippen LogP contribution in [0.1, 0.15) is 30.2 Å². The molecule has 0 aliphatic heterocycles. The van der Waals surface area contributed by atoms with Crippen molar-refractivity contribution in [3.8, 4) is 0 Å². The third-order valence-corrected chi connectivity index (χ3v) is 6.43. The number of thiazole rings is 1. The smallest absolute Gasteiger partial charge is 0.230 e. The molecule has 0 bridgehead atoms. The molecule has 3 rings (SSSR count). The Morgan fingerprint density at radius 2 is 2.17 bits per heavy atom. The van der Waals surface area contributed by atoms with E-state index in [4.69, 9.17) is 9.72 Å². The number of carbonyl (C=O) groups is 1. The highest BCUT2D eigenvalue weighted by molar-refractivity contribution is 7.98. The molecule has 0 atom stereocenters. The monoisotopic (exact) mass is 431 g/mol. The maximum absolute atomic E-state index is 12.4. The van der Waals surface area contributed by atoms with Crippen molar-refractivity contribution >= 4 is 39.8 Å². The van der Waals surface area contributed by atoms with E-state index in [0.717, 1.165) is 40.6 Å². The number of hydrogen-bond acceptors (Lipinski definition) is 7. The molecule has 7 nitrogen and oxygen atoms in total. The standard InChI is InChI=1S/C20H25N5O2S2/c1-14-7-5-8-18(15(14)2)25(16(3)26)19-22-17(11-28-19)12-29-20-23-21-13-24(20)9-6-10-27-4/h5,7-8,11,13H,6,9-10,12H2,1-4H3. The average molecular weight is 432 g/mol. The maximum Gasteiger partial charge on any atom is 0.230 e. The van der Waals surface area contributed by atoms with Gasteiger partial charge in [0.25, 0.3) is 0 Å². The molecule has 2 heterocycles. The topological polar surface area (TPSA) is 73.1 Å². The lowest BCUT2D eigenvalue weighted by Gasteiger charge is -2.21. The van der Waals surface area contributed by atoms with Gasteiger partial charge in [0, 0.05) is 38.3 Å². The van der Waals surface area contributed by atoms with E-state index in [-0.39, 0.29) is 5.91 Å². The molecule has 0 saturated heterocycles. The largest absolute Gasteiger partial charge is 0.385 e. The average Bonchev–Trinajstić information content (AvgIpc) is 3.33. The van der Waals surface area contributed by atoms with Crippen LogP contribution < -0.4 is 4.90 Å². The summed E-state index contributed by atoms with van der Waals surface area (Å²) < 4.78 is 7.13. The molecule has 0 aliphatic rings. The second-order valence-electron chi connectivity index (χ2n) is 6.64. The zero-order chi connectivity index (χ0) is 20.8. The van der Waals surface area contributed by atoms with Gasteiger partial charge in [0.2, 0.25) is 5.91 Å². The number of benzene rings is 1. The summed E-state index contributed by atoms with van der Waals surface area (Å²) in [6.45, 7) is 7.17. The van der Waals surface area contributed by atoms with E-state index >= 15 is 0 Å². The van der Waals surface area contributed by atoms with Crippen molar-refractivity contribution in [3.63, 3.8) is 0 Å². The number of rotatable bonds is 9. The predicted molar refractivity (Wildman–Crippen MR) is 117 cm³/mol. The lowest BCUT2D eigenvalue weighted by atomic mass is 10.1. The molecule has 9 heteroatoms. The lowest BCUT2D eigenvalue weighted by molar-refractivity contribution is -0.115. The molecule has 154 valence electrons. The Balaban J connectivity index is 1.72. The predicted octanol–water partition coefficient (Wildman–Crippen LogP) is 4.36. The van der Waals surface area contributed by atoms with Crippen LogP contribution >= 0.6 is 23.1 Å². The van der Waals surface area contributed by atoms with E-state index in [9.17, 15) is 4.79 Å². The van der Waals surface area contributed by atoms with Crippen molar-refractivity contribution in [1.29, 1.82) is 0 Å². The fourth-order valence-corrected chi connectivity index (χ4v) is 4.70. The van der Waals surface area contributed by atoms with E-state index in [2.05, 4.69) is 10.2 Å². The number of aromatic nitrogens is 4. The molecular weight excluding hydrogens is 406 g/mol. The highest BCUT2D eigenvalue weighted by Crippen LogP contribution is 2.33. The van der Waals surface area contributed by atoms with Gasteiger partial charge in [-0.05, 0) is 37.5 Å². The van der Waals surface area contributed by atoms with Crippen molar-refractivity contribution < 1.29 is 9.53 Å². The van der Waals surface area contributed by atoms with Crippen LogP contribution in [0.5, 0.6) is 0 Å². The molecule has 1 aromatic carbocycles. The summed E-state index contributed by atoms with van der Waals surface area (Å²) in [6.07, 6.45) is 2.65. The van der Waals surface area contributed by atoms with Crippen LogP contribution in [0.15, 0.2) is 35.1 Å². The first-order chi connectivity index (χ1) is 14.0. The molecule has 2 aromatic heterocycles. The van der Waals surface area contributed by atoms with Crippen LogP contribution in [0, 0.1) is 13.8 Å². The Morgan fingerprint density at radius 1 is 1.34 bits per heavy atom. The number of aryl methyl sites for hydroxylation is 2. The summed E-state index contributed by atoms with van der Waals surface area (Å²) in [4.78, 5) is 18.8. The van der Waals surface area contributed by atoms with Crippen molar-refractivity contribution in [1.82, 2.24) is 19.7 Å². The molecule has 0 N–H and O–H groups in total. The normalized spacial score (nSPS) is 11.0. The van der Waals surface area contributed by atoms with Gasteiger partial charge >= 0.3 is 0 Å². The Kier molecular flexibility index (Phi) is 7.40. The summed E-state index contributed by atoms with van der Waals surface area (Å²) in [5, 5.41) is 11.7. The van der Waals surface area contributed by atoms with Gasteiger partial charge in [-0.25, -0.2) is 4.98 Å². The summed E-state index contributed by atoms with van der Waals surface area (Å²) in [6, 6.07) is 5.97. The Morgan fingerprint density at radius 3 is 2.93 bits per heavy atom. The number of nitrogens with zero attached hydrogens (tertiary/aromatic N) is 5. The third kappa shape index (κ3) is 5.23. The van der Waals surface area contributed by atoms with E-state index in [1.54, 1.807) is 37.0 Å². The SMILES string of the molecule is COCCCn1cnnc1SCc1csc(N(C(C)=O)c2cccc(C)c2C)n1. The van der Waals surface area contributed by atoms with Gasteiger partial charge in [-0.1, -0.05) is 23.9 Å². The minimum Gasteiger partial charge on any atom is -0.385 e.